The van der Waals surface area contributed by atoms with Crippen molar-refractivity contribution in [1.82, 2.24) is 14.6 Å². The maximum atomic E-state index is 12.6. The Morgan fingerprint density at radius 1 is 1.12 bits per heavy atom. The van der Waals surface area contributed by atoms with Crippen molar-refractivity contribution in [2.75, 3.05) is 0 Å². The molecule has 0 amide bonds. The molecule has 26 heavy (non-hydrogen) atoms. The highest BCUT2D eigenvalue weighted by Gasteiger charge is 2.07. The molecule has 0 atom stereocenters. The number of hydrogen-bond acceptors (Lipinski definition) is 5. The minimum atomic E-state index is -0.197. The van der Waals surface area contributed by atoms with Crippen LogP contribution >= 0.6 is 22.9 Å². The molecule has 0 unspecified atom stereocenters. The van der Waals surface area contributed by atoms with Gasteiger partial charge >= 0.3 is 0 Å². The van der Waals surface area contributed by atoms with Crippen LogP contribution in [0.4, 0.5) is 0 Å². The summed E-state index contributed by atoms with van der Waals surface area (Å²) in [6.45, 7) is 1.76. The lowest BCUT2D eigenvalue weighted by molar-refractivity contribution is 0.770. The quantitative estimate of drug-likeness (QED) is 0.496. The van der Waals surface area contributed by atoms with Gasteiger partial charge in [-0.2, -0.15) is 9.78 Å². The van der Waals surface area contributed by atoms with Crippen LogP contribution in [-0.2, 0) is 0 Å². The molecular formula is C19H13ClN4OS. The predicted octanol–water partition coefficient (Wildman–Crippen LogP) is 4.36. The van der Waals surface area contributed by atoms with Gasteiger partial charge in [0.05, 0.1) is 22.8 Å². The molecule has 0 aliphatic rings. The Balaban J connectivity index is 1.68. The van der Waals surface area contributed by atoms with Gasteiger partial charge in [-0.05, 0) is 31.2 Å². The summed E-state index contributed by atoms with van der Waals surface area (Å²) >= 11 is 7.42. The van der Waals surface area contributed by atoms with Crippen molar-refractivity contribution in [3.8, 4) is 10.6 Å². The summed E-state index contributed by atoms with van der Waals surface area (Å²) < 4.78 is 1.30. The number of hydrogen-bond donors (Lipinski definition) is 0. The molecule has 0 fully saturated rings. The molecule has 0 radical (unpaired) electrons. The first-order valence-corrected chi connectivity index (χ1v) is 9.12. The van der Waals surface area contributed by atoms with Gasteiger partial charge in [-0.3, -0.25) is 4.79 Å². The molecular weight excluding hydrogens is 368 g/mol. The van der Waals surface area contributed by atoms with Crippen molar-refractivity contribution >= 4 is 40.1 Å². The average Bonchev–Trinajstić information content (AvgIpc) is 3.11. The lowest BCUT2D eigenvalue weighted by Gasteiger charge is -2.04. The van der Waals surface area contributed by atoms with Crippen molar-refractivity contribution in [3.05, 3.63) is 80.8 Å². The number of para-hydroxylation sites is 1. The Labute approximate surface area is 158 Å². The molecule has 0 saturated carbocycles. The number of aromatic nitrogens is 3. The zero-order chi connectivity index (χ0) is 18.1. The van der Waals surface area contributed by atoms with E-state index in [1.807, 2.05) is 47.8 Å². The van der Waals surface area contributed by atoms with E-state index in [9.17, 15) is 4.79 Å². The Kier molecular flexibility index (Phi) is 4.36. The summed E-state index contributed by atoms with van der Waals surface area (Å²) in [4.78, 5) is 21.6. The minimum Gasteiger partial charge on any atom is -0.267 e. The monoisotopic (exact) mass is 380 g/mol. The van der Waals surface area contributed by atoms with E-state index in [-0.39, 0.29) is 5.56 Å². The first-order valence-electron chi connectivity index (χ1n) is 7.86. The smallest absolute Gasteiger partial charge is 0.267 e. The van der Waals surface area contributed by atoms with Gasteiger partial charge in [-0.1, -0.05) is 35.9 Å². The highest BCUT2D eigenvalue weighted by atomic mass is 35.5. The van der Waals surface area contributed by atoms with E-state index in [0.717, 1.165) is 10.6 Å². The fraction of sp³-hybridized carbons (Fsp3) is 0.0526. The molecule has 2 aromatic carbocycles. The van der Waals surface area contributed by atoms with Gasteiger partial charge in [0.15, 0.2) is 0 Å². The van der Waals surface area contributed by atoms with E-state index in [4.69, 9.17) is 11.6 Å². The van der Waals surface area contributed by atoms with Crippen LogP contribution in [0.3, 0.4) is 0 Å². The van der Waals surface area contributed by atoms with E-state index in [1.54, 1.807) is 19.2 Å². The van der Waals surface area contributed by atoms with Crippen molar-refractivity contribution in [3.63, 3.8) is 0 Å². The highest BCUT2D eigenvalue weighted by Crippen LogP contribution is 2.24. The molecule has 128 valence electrons. The molecule has 0 aliphatic heterocycles. The third-order valence-corrected chi connectivity index (χ3v) is 5.00. The number of thiazole rings is 1. The summed E-state index contributed by atoms with van der Waals surface area (Å²) in [5, 5.41) is 8.27. The molecule has 5 nitrogen and oxygen atoms in total. The van der Waals surface area contributed by atoms with Gasteiger partial charge in [0, 0.05) is 16.0 Å². The maximum absolute atomic E-state index is 12.6. The van der Waals surface area contributed by atoms with E-state index < -0.39 is 0 Å². The highest BCUT2D eigenvalue weighted by molar-refractivity contribution is 7.13. The summed E-state index contributed by atoms with van der Waals surface area (Å²) in [7, 11) is 0. The number of halogens is 1. The lowest BCUT2D eigenvalue weighted by Crippen LogP contribution is -2.20. The minimum absolute atomic E-state index is 0.197. The number of nitrogens with zero attached hydrogens (tertiary/aromatic N) is 4. The predicted molar refractivity (Wildman–Crippen MR) is 106 cm³/mol. The Bertz CT molecular complexity index is 1180. The third kappa shape index (κ3) is 3.16. The number of fused-ring (bicyclic) bond motifs is 1. The molecule has 4 rings (SSSR count). The second-order valence-corrected chi connectivity index (χ2v) is 6.92. The topological polar surface area (TPSA) is 60.1 Å². The fourth-order valence-electron chi connectivity index (χ4n) is 2.56. The summed E-state index contributed by atoms with van der Waals surface area (Å²) in [5.41, 5.74) is 2.14. The SMILES string of the molecule is Cc1nc2ccccc2c(=O)n1/N=C\c1csc(-c2ccc(Cl)cc2)n1. The van der Waals surface area contributed by atoms with E-state index in [1.165, 1.54) is 16.0 Å². The van der Waals surface area contributed by atoms with E-state index in [2.05, 4.69) is 15.1 Å². The van der Waals surface area contributed by atoms with E-state index >= 15 is 0 Å². The number of aryl methyl sites for hydroxylation is 1. The summed E-state index contributed by atoms with van der Waals surface area (Å²) in [6, 6.07) is 14.7. The largest absolute Gasteiger partial charge is 0.282 e. The average molecular weight is 381 g/mol. The first kappa shape index (κ1) is 16.6. The van der Waals surface area contributed by atoms with Gasteiger partial charge in [-0.15, -0.1) is 11.3 Å². The van der Waals surface area contributed by atoms with Crippen molar-refractivity contribution in [1.29, 1.82) is 0 Å². The second kappa shape index (κ2) is 6.82. The van der Waals surface area contributed by atoms with Crippen molar-refractivity contribution < 1.29 is 0 Å². The molecule has 0 spiro atoms. The molecule has 2 aromatic heterocycles. The Morgan fingerprint density at radius 3 is 2.69 bits per heavy atom. The molecule has 4 aromatic rings. The Morgan fingerprint density at radius 2 is 1.88 bits per heavy atom. The molecule has 0 bridgehead atoms. The maximum Gasteiger partial charge on any atom is 0.282 e. The molecule has 0 N–H and O–H groups in total. The molecule has 2 heterocycles. The number of rotatable bonds is 3. The van der Waals surface area contributed by atoms with Crippen LogP contribution in [0.1, 0.15) is 11.5 Å². The van der Waals surface area contributed by atoms with Crippen LogP contribution in [0.5, 0.6) is 0 Å². The summed E-state index contributed by atoms with van der Waals surface area (Å²) in [6.07, 6.45) is 1.57. The normalized spacial score (nSPS) is 11.5. The van der Waals surface area contributed by atoms with Crippen LogP contribution in [0.2, 0.25) is 5.02 Å². The number of benzene rings is 2. The van der Waals surface area contributed by atoms with Crippen molar-refractivity contribution in [2.45, 2.75) is 6.92 Å². The van der Waals surface area contributed by atoms with E-state index in [0.29, 0.717) is 27.4 Å². The summed E-state index contributed by atoms with van der Waals surface area (Å²) in [5.74, 6) is 0.526. The van der Waals surface area contributed by atoms with Crippen LogP contribution in [0, 0.1) is 6.92 Å². The standard InChI is InChI=1S/C19H13ClN4OS/c1-12-22-17-5-3-2-4-16(17)19(25)24(12)21-10-15-11-26-18(23-15)13-6-8-14(20)9-7-13/h2-11H,1H3/b21-10-. The third-order valence-electron chi connectivity index (χ3n) is 3.83. The second-order valence-electron chi connectivity index (χ2n) is 5.62. The molecule has 7 heteroatoms. The first-order chi connectivity index (χ1) is 12.6. The van der Waals surface area contributed by atoms with Gasteiger partial charge in [0.25, 0.3) is 5.56 Å². The van der Waals surface area contributed by atoms with Crippen LogP contribution < -0.4 is 5.56 Å². The zero-order valence-electron chi connectivity index (χ0n) is 13.8. The van der Waals surface area contributed by atoms with Crippen molar-refractivity contribution in [2.24, 2.45) is 5.10 Å². The fourth-order valence-corrected chi connectivity index (χ4v) is 3.46. The molecule has 0 saturated heterocycles. The van der Waals surface area contributed by atoms with Crippen LogP contribution in [-0.4, -0.2) is 20.9 Å². The zero-order valence-corrected chi connectivity index (χ0v) is 15.3. The van der Waals surface area contributed by atoms with Crippen LogP contribution in [0.15, 0.2) is 63.8 Å². The van der Waals surface area contributed by atoms with Gasteiger partial charge in [0.2, 0.25) is 0 Å². The van der Waals surface area contributed by atoms with Gasteiger partial charge in [-0.25, -0.2) is 9.97 Å². The Hall–Kier alpha value is -2.83. The van der Waals surface area contributed by atoms with Crippen LogP contribution in [0.25, 0.3) is 21.5 Å². The van der Waals surface area contributed by atoms with Gasteiger partial charge < -0.3 is 0 Å². The molecule has 0 aliphatic carbocycles. The lowest BCUT2D eigenvalue weighted by atomic mass is 10.2. The van der Waals surface area contributed by atoms with Gasteiger partial charge in [0.1, 0.15) is 10.8 Å².